The molecule has 0 N–H and O–H groups in total. The number of carbonyl (C=O) groups excluding carboxylic acids is 1. The fraction of sp³-hybridized carbons (Fsp3) is 0.632. The normalized spacial score (nSPS) is 22.9. The highest BCUT2D eigenvalue weighted by atomic mass is 35.5. The van der Waals surface area contributed by atoms with Gasteiger partial charge < -0.3 is 9.80 Å². The molecule has 134 valence electrons. The highest BCUT2D eigenvalue weighted by molar-refractivity contribution is 6.29. The predicted molar refractivity (Wildman–Crippen MR) is 103 cm³/mol. The molecule has 3 unspecified atom stereocenters. The molecule has 3 atom stereocenters. The number of amides is 1. The summed E-state index contributed by atoms with van der Waals surface area (Å²) in [5.74, 6) is 0.359. The molecule has 1 aromatic rings. The molecule has 24 heavy (non-hydrogen) atoms. The zero-order valence-corrected chi connectivity index (χ0v) is 16.1. The van der Waals surface area contributed by atoms with E-state index in [9.17, 15) is 4.79 Å². The number of hydrogen-bond acceptors (Lipinski definition) is 2. The lowest BCUT2D eigenvalue weighted by Crippen LogP contribution is -2.52. The molecule has 0 heterocycles. The van der Waals surface area contributed by atoms with E-state index in [4.69, 9.17) is 23.2 Å². The number of likely N-dealkylation sites (N-methyl/N-ethyl adjacent to an activating group) is 1. The van der Waals surface area contributed by atoms with Crippen LogP contribution < -0.4 is 4.90 Å². The van der Waals surface area contributed by atoms with Crippen LogP contribution in [0.5, 0.6) is 0 Å². The number of hydrogen-bond donors (Lipinski definition) is 0. The number of halogens is 2. The first kappa shape index (κ1) is 19.6. The summed E-state index contributed by atoms with van der Waals surface area (Å²) in [5.41, 5.74) is 0.958. The maximum atomic E-state index is 13.1. The molecule has 1 aliphatic rings. The van der Waals surface area contributed by atoms with Crippen molar-refractivity contribution >= 4 is 34.8 Å². The lowest BCUT2D eigenvalue weighted by atomic mass is 9.98. The molecule has 0 radical (unpaired) electrons. The molecule has 1 amide bonds. The fourth-order valence-electron chi connectivity index (χ4n) is 3.62. The predicted octanol–water partition coefficient (Wildman–Crippen LogP) is 4.52. The van der Waals surface area contributed by atoms with Crippen molar-refractivity contribution in [1.29, 1.82) is 0 Å². The molecule has 2 rings (SSSR count). The van der Waals surface area contributed by atoms with E-state index >= 15 is 0 Å². The number of alkyl halides is 2. The number of benzene rings is 1. The lowest BCUT2D eigenvalue weighted by Gasteiger charge is -2.39. The van der Waals surface area contributed by atoms with Crippen LogP contribution in [0, 0.1) is 0 Å². The van der Waals surface area contributed by atoms with E-state index < -0.39 is 0 Å². The van der Waals surface area contributed by atoms with Gasteiger partial charge in [0.25, 0.3) is 0 Å². The summed E-state index contributed by atoms with van der Waals surface area (Å²) in [4.78, 5) is 17.3. The van der Waals surface area contributed by atoms with E-state index in [1.54, 1.807) is 0 Å². The van der Waals surface area contributed by atoms with Crippen molar-refractivity contribution in [3.63, 3.8) is 0 Å². The maximum Gasteiger partial charge on any atom is 0.228 e. The van der Waals surface area contributed by atoms with Crippen LogP contribution in [0.3, 0.4) is 0 Å². The Morgan fingerprint density at radius 1 is 1.12 bits per heavy atom. The van der Waals surface area contributed by atoms with Crippen molar-refractivity contribution in [1.82, 2.24) is 4.90 Å². The van der Waals surface area contributed by atoms with Crippen molar-refractivity contribution in [3.8, 4) is 0 Å². The minimum Gasteiger partial charge on any atom is -0.308 e. The Morgan fingerprint density at radius 2 is 1.75 bits per heavy atom. The monoisotopic (exact) mass is 370 g/mol. The summed E-state index contributed by atoms with van der Waals surface area (Å²) >= 11 is 12.0. The van der Waals surface area contributed by atoms with Crippen LogP contribution in [0.2, 0.25) is 0 Å². The van der Waals surface area contributed by atoms with Crippen molar-refractivity contribution in [2.24, 2.45) is 0 Å². The summed E-state index contributed by atoms with van der Waals surface area (Å²) in [6, 6.07) is 10.5. The van der Waals surface area contributed by atoms with Gasteiger partial charge in [0.05, 0.1) is 11.4 Å². The largest absolute Gasteiger partial charge is 0.308 e. The Hall–Kier alpha value is -0.770. The Morgan fingerprint density at radius 3 is 2.33 bits per heavy atom. The van der Waals surface area contributed by atoms with Crippen molar-refractivity contribution in [2.75, 3.05) is 24.9 Å². The quantitative estimate of drug-likeness (QED) is 0.542. The summed E-state index contributed by atoms with van der Waals surface area (Å²) in [7, 11) is 4.22. The van der Waals surface area contributed by atoms with Gasteiger partial charge in [0.2, 0.25) is 5.91 Å². The Kier molecular flexibility index (Phi) is 7.86. The molecule has 3 nitrogen and oxygen atoms in total. The molecule has 0 spiro atoms. The van der Waals surface area contributed by atoms with Crippen LogP contribution in [0.1, 0.15) is 38.5 Å². The van der Waals surface area contributed by atoms with Gasteiger partial charge in [0.15, 0.2) is 0 Å². The highest BCUT2D eigenvalue weighted by Gasteiger charge is 2.34. The second kappa shape index (κ2) is 9.65. The molecule has 1 fully saturated rings. The molecule has 5 heteroatoms. The first-order chi connectivity index (χ1) is 11.5. The van der Waals surface area contributed by atoms with E-state index in [0.29, 0.717) is 6.04 Å². The van der Waals surface area contributed by atoms with E-state index in [1.807, 2.05) is 35.2 Å². The van der Waals surface area contributed by atoms with Crippen molar-refractivity contribution < 1.29 is 4.79 Å². The topological polar surface area (TPSA) is 23.6 Å². The average Bonchev–Trinajstić information content (AvgIpc) is 2.82. The Balaban J connectivity index is 2.34. The molecular formula is C19H28Cl2N2O. The van der Waals surface area contributed by atoms with Gasteiger partial charge in [-0.1, -0.05) is 37.5 Å². The first-order valence-corrected chi connectivity index (χ1v) is 9.75. The maximum absolute atomic E-state index is 13.1. The van der Waals surface area contributed by atoms with Crippen molar-refractivity contribution in [3.05, 3.63) is 30.3 Å². The number of rotatable bonds is 6. The van der Waals surface area contributed by atoms with Crippen LogP contribution in [-0.4, -0.2) is 48.2 Å². The van der Waals surface area contributed by atoms with Gasteiger partial charge in [-0.05, 0) is 39.1 Å². The zero-order valence-electron chi connectivity index (χ0n) is 14.6. The van der Waals surface area contributed by atoms with Gasteiger partial charge in [-0.25, -0.2) is 0 Å². The van der Waals surface area contributed by atoms with Gasteiger partial charge >= 0.3 is 0 Å². The smallest absolute Gasteiger partial charge is 0.228 e. The lowest BCUT2D eigenvalue weighted by molar-refractivity contribution is -0.119. The van der Waals surface area contributed by atoms with Gasteiger partial charge in [0.1, 0.15) is 0 Å². The van der Waals surface area contributed by atoms with Crippen LogP contribution in [0.25, 0.3) is 0 Å². The fourth-order valence-corrected chi connectivity index (χ4v) is 3.86. The third-order valence-electron chi connectivity index (χ3n) is 4.81. The molecule has 0 aromatic heterocycles. The second-order valence-corrected chi connectivity index (χ2v) is 7.72. The van der Waals surface area contributed by atoms with Gasteiger partial charge in [-0.2, -0.15) is 0 Å². The Bertz CT molecular complexity index is 509. The SMILES string of the molecule is CN(C)C1CCCCCC1N(C(=O)CC(Cl)CCl)c1ccccc1. The average molecular weight is 371 g/mol. The number of anilines is 1. The van der Waals surface area contributed by atoms with Gasteiger partial charge in [-0.3, -0.25) is 4.79 Å². The minimum absolute atomic E-state index is 0.0700. The minimum atomic E-state index is -0.325. The molecule has 0 aliphatic heterocycles. The molecular weight excluding hydrogens is 343 g/mol. The van der Waals surface area contributed by atoms with Gasteiger partial charge in [0, 0.05) is 24.0 Å². The van der Waals surface area contributed by atoms with Crippen LogP contribution in [0.15, 0.2) is 30.3 Å². The molecule has 1 aromatic carbocycles. The number of para-hydroxylation sites is 1. The number of carbonyl (C=O) groups is 1. The summed E-state index contributed by atoms with van der Waals surface area (Å²) in [5, 5.41) is -0.325. The highest BCUT2D eigenvalue weighted by Crippen LogP contribution is 2.30. The van der Waals surface area contributed by atoms with E-state index in [0.717, 1.165) is 24.9 Å². The third-order valence-corrected chi connectivity index (χ3v) is 5.64. The molecule has 1 aliphatic carbocycles. The standard InChI is InChI=1S/C19H28Cl2N2O/c1-22(2)17-11-7-4-8-12-18(17)23(16-9-5-3-6-10-16)19(24)13-15(21)14-20/h3,5-6,9-10,15,17-18H,4,7-8,11-14H2,1-2H3. The van der Waals surface area contributed by atoms with E-state index in [1.165, 1.54) is 12.8 Å². The second-order valence-electron chi connectivity index (χ2n) is 6.79. The summed E-state index contributed by atoms with van der Waals surface area (Å²) in [6.45, 7) is 0. The summed E-state index contributed by atoms with van der Waals surface area (Å²) in [6.07, 6.45) is 6.03. The summed E-state index contributed by atoms with van der Waals surface area (Å²) < 4.78 is 0. The van der Waals surface area contributed by atoms with Crippen LogP contribution in [0.4, 0.5) is 5.69 Å². The van der Waals surface area contributed by atoms with Crippen LogP contribution in [-0.2, 0) is 4.79 Å². The molecule has 1 saturated carbocycles. The molecule has 0 saturated heterocycles. The van der Waals surface area contributed by atoms with Crippen LogP contribution >= 0.6 is 23.2 Å². The zero-order chi connectivity index (χ0) is 17.5. The first-order valence-electron chi connectivity index (χ1n) is 8.78. The molecule has 0 bridgehead atoms. The van der Waals surface area contributed by atoms with Gasteiger partial charge in [-0.15, -0.1) is 23.2 Å². The van der Waals surface area contributed by atoms with E-state index in [-0.39, 0.29) is 29.6 Å². The van der Waals surface area contributed by atoms with Crippen molar-refractivity contribution in [2.45, 2.75) is 56.0 Å². The van der Waals surface area contributed by atoms with E-state index in [2.05, 4.69) is 19.0 Å². The number of nitrogens with zero attached hydrogens (tertiary/aromatic N) is 2. The Labute approximate surface area is 155 Å². The third kappa shape index (κ3) is 5.11.